The number of carboxylic acids is 1. The summed E-state index contributed by atoms with van der Waals surface area (Å²) < 4.78 is 47.4. The van der Waals surface area contributed by atoms with E-state index in [-0.39, 0.29) is 5.17 Å². The normalized spacial score (nSPS) is 10.2. The van der Waals surface area contributed by atoms with Crippen molar-refractivity contribution in [1.29, 1.82) is 5.41 Å². The van der Waals surface area contributed by atoms with Gasteiger partial charge in [0.05, 0.1) is 21.3 Å². The third kappa shape index (κ3) is 7.31. The first-order chi connectivity index (χ1) is 11.1. The topological polar surface area (TPSA) is 115 Å². The van der Waals surface area contributed by atoms with Gasteiger partial charge in [0, 0.05) is 23.4 Å². The van der Waals surface area contributed by atoms with Gasteiger partial charge in [-0.2, -0.15) is 13.2 Å². The van der Waals surface area contributed by atoms with Crippen molar-refractivity contribution >= 4 is 22.9 Å². The lowest BCUT2D eigenvalue weighted by molar-refractivity contribution is -0.192. The van der Waals surface area contributed by atoms with Crippen molar-refractivity contribution in [3.8, 4) is 17.2 Å². The summed E-state index contributed by atoms with van der Waals surface area (Å²) in [5.74, 6) is -0.251. The number of aliphatic carboxylic acids is 1. The van der Waals surface area contributed by atoms with Crippen molar-refractivity contribution in [2.45, 2.75) is 11.9 Å². The highest BCUT2D eigenvalue weighted by Crippen LogP contribution is 2.36. The third-order valence-electron chi connectivity index (χ3n) is 2.43. The van der Waals surface area contributed by atoms with Crippen molar-refractivity contribution in [3.05, 3.63) is 17.7 Å². The summed E-state index contributed by atoms with van der Waals surface area (Å²) in [6, 6.07) is 3.55. The molecule has 1 aromatic carbocycles. The van der Waals surface area contributed by atoms with E-state index in [1.54, 1.807) is 33.5 Å². The molecule has 0 unspecified atom stereocenters. The molecule has 4 N–H and O–H groups in total. The van der Waals surface area contributed by atoms with E-state index in [0.717, 1.165) is 5.56 Å². The number of hydrogen-bond donors (Lipinski definition) is 3. The van der Waals surface area contributed by atoms with Crippen molar-refractivity contribution in [1.82, 2.24) is 0 Å². The summed E-state index contributed by atoms with van der Waals surface area (Å²) in [7, 11) is 4.74. The zero-order valence-corrected chi connectivity index (χ0v) is 13.9. The highest BCUT2D eigenvalue weighted by atomic mass is 32.2. The van der Waals surface area contributed by atoms with E-state index in [1.165, 1.54) is 11.8 Å². The maximum atomic E-state index is 10.6. The molecule has 0 aliphatic rings. The smallest absolute Gasteiger partial charge is 0.490 e. The van der Waals surface area contributed by atoms with Crippen LogP contribution in [0.3, 0.4) is 0 Å². The van der Waals surface area contributed by atoms with E-state index >= 15 is 0 Å². The maximum Gasteiger partial charge on any atom is 0.490 e. The molecule has 0 aliphatic carbocycles. The number of ether oxygens (including phenoxy) is 3. The number of alkyl halides is 3. The molecule has 11 heteroatoms. The average molecular weight is 370 g/mol. The molecule has 7 nitrogen and oxygen atoms in total. The number of hydrogen-bond acceptors (Lipinski definition) is 6. The van der Waals surface area contributed by atoms with Gasteiger partial charge in [0.1, 0.15) is 17.2 Å². The number of benzene rings is 1. The van der Waals surface area contributed by atoms with Crippen LogP contribution in [0.2, 0.25) is 0 Å². The predicted molar refractivity (Wildman–Crippen MR) is 83.0 cm³/mol. The lowest BCUT2D eigenvalue weighted by Gasteiger charge is -2.14. The van der Waals surface area contributed by atoms with Crippen LogP contribution in [0.15, 0.2) is 12.1 Å². The monoisotopic (exact) mass is 370 g/mol. The lowest BCUT2D eigenvalue weighted by atomic mass is 10.2. The van der Waals surface area contributed by atoms with Crippen LogP contribution in [0.25, 0.3) is 0 Å². The number of nitrogens with two attached hydrogens (primary N) is 1. The van der Waals surface area contributed by atoms with Gasteiger partial charge in [0.25, 0.3) is 0 Å². The molecule has 0 amide bonds. The van der Waals surface area contributed by atoms with Crippen molar-refractivity contribution in [3.63, 3.8) is 0 Å². The van der Waals surface area contributed by atoms with Gasteiger partial charge in [-0.05, 0) is 0 Å². The molecule has 1 aromatic rings. The Bertz CT molecular complexity index is 556. The lowest BCUT2D eigenvalue weighted by Crippen LogP contribution is -2.21. The molecule has 1 rings (SSSR count). The van der Waals surface area contributed by atoms with Crippen LogP contribution in [0.5, 0.6) is 17.2 Å². The number of amidine groups is 1. The Labute approximate surface area is 140 Å². The number of rotatable bonds is 5. The fourth-order valence-electron chi connectivity index (χ4n) is 1.37. The molecule has 0 radical (unpaired) electrons. The second kappa shape index (κ2) is 9.75. The largest absolute Gasteiger partial charge is 0.496 e. The quantitative estimate of drug-likeness (QED) is 0.539. The van der Waals surface area contributed by atoms with E-state index in [1.807, 2.05) is 0 Å². The van der Waals surface area contributed by atoms with Crippen LogP contribution in [0.1, 0.15) is 5.56 Å². The first-order valence-electron chi connectivity index (χ1n) is 6.12. The van der Waals surface area contributed by atoms with Crippen LogP contribution in [0.4, 0.5) is 13.2 Å². The SMILES string of the molecule is COc1cc(OC)c(CSC(=N)N)c(OC)c1.O=C(O)C(F)(F)F. The van der Waals surface area contributed by atoms with Crippen LogP contribution < -0.4 is 19.9 Å². The Hall–Kier alpha value is -2.30. The van der Waals surface area contributed by atoms with Gasteiger partial charge in [-0.25, -0.2) is 4.79 Å². The van der Waals surface area contributed by atoms with Gasteiger partial charge >= 0.3 is 12.1 Å². The van der Waals surface area contributed by atoms with Crippen molar-refractivity contribution < 1.29 is 37.3 Å². The Balaban J connectivity index is 0.000000640. The number of methoxy groups -OCH3 is 3. The molecule has 24 heavy (non-hydrogen) atoms. The molecule has 0 saturated carbocycles. The minimum absolute atomic E-state index is 0.0601. The zero-order chi connectivity index (χ0) is 18.9. The van der Waals surface area contributed by atoms with Crippen molar-refractivity contribution in [2.75, 3.05) is 21.3 Å². The summed E-state index contributed by atoms with van der Waals surface area (Å²) in [6.45, 7) is 0. The summed E-state index contributed by atoms with van der Waals surface area (Å²) in [5.41, 5.74) is 6.18. The van der Waals surface area contributed by atoms with Crippen molar-refractivity contribution in [2.24, 2.45) is 5.73 Å². The first kappa shape index (κ1) is 21.7. The summed E-state index contributed by atoms with van der Waals surface area (Å²) in [5, 5.41) is 14.4. The van der Waals surface area contributed by atoms with E-state index in [9.17, 15) is 13.2 Å². The molecule has 0 spiro atoms. The molecule has 0 saturated heterocycles. The Morgan fingerprint density at radius 1 is 1.21 bits per heavy atom. The van der Waals surface area contributed by atoms with Gasteiger partial charge in [0.15, 0.2) is 5.17 Å². The Morgan fingerprint density at radius 2 is 1.62 bits per heavy atom. The third-order valence-corrected chi connectivity index (χ3v) is 3.18. The molecule has 0 fully saturated rings. The predicted octanol–water partition coefficient (Wildman–Crippen LogP) is 2.47. The summed E-state index contributed by atoms with van der Waals surface area (Å²) in [6.07, 6.45) is -5.08. The number of thioether (sulfide) groups is 1. The van der Waals surface area contributed by atoms with Crippen LogP contribution >= 0.6 is 11.8 Å². The molecule has 0 heterocycles. The van der Waals surface area contributed by atoms with Gasteiger partial charge in [-0.15, -0.1) is 0 Å². The van der Waals surface area contributed by atoms with E-state index in [0.29, 0.717) is 23.0 Å². The Kier molecular flexibility index (Phi) is 8.82. The molecular weight excluding hydrogens is 353 g/mol. The van der Waals surface area contributed by atoms with E-state index < -0.39 is 12.1 Å². The molecular formula is C13H17F3N2O5S. The second-order valence-electron chi connectivity index (χ2n) is 3.97. The molecule has 0 bridgehead atoms. The molecule has 0 atom stereocenters. The van der Waals surface area contributed by atoms with Crippen LogP contribution in [-0.2, 0) is 10.5 Å². The average Bonchev–Trinajstić information content (AvgIpc) is 2.51. The minimum atomic E-state index is -5.08. The number of nitrogens with one attached hydrogen (secondary N) is 1. The van der Waals surface area contributed by atoms with Crippen LogP contribution in [0, 0.1) is 5.41 Å². The summed E-state index contributed by atoms with van der Waals surface area (Å²) >= 11 is 1.22. The van der Waals surface area contributed by atoms with E-state index in [2.05, 4.69) is 0 Å². The van der Waals surface area contributed by atoms with E-state index in [4.69, 9.17) is 35.3 Å². The molecule has 136 valence electrons. The van der Waals surface area contributed by atoms with Crippen LogP contribution in [-0.4, -0.2) is 43.7 Å². The molecule has 0 aliphatic heterocycles. The van der Waals surface area contributed by atoms with Gasteiger partial charge in [-0.3, -0.25) is 5.41 Å². The Morgan fingerprint density at radius 3 is 1.88 bits per heavy atom. The number of carboxylic acid groups (broad SMARTS) is 1. The number of carbonyl (C=O) groups is 1. The second-order valence-corrected chi connectivity index (χ2v) is 4.98. The maximum absolute atomic E-state index is 10.6. The fourth-order valence-corrected chi connectivity index (χ4v) is 1.95. The number of halogens is 3. The molecule has 0 aromatic heterocycles. The van der Waals surface area contributed by atoms with Gasteiger partial charge in [-0.1, -0.05) is 11.8 Å². The highest BCUT2D eigenvalue weighted by molar-refractivity contribution is 8.13. The standard InChI is InChI=1S/C11H16N2O3S.C2HF3O2/c1-14-7-4-9(15-2)8(6-17-11(12)13)10(5-7)16-3;3-2(4,5)1(6)7/h4-5H,6H2,1-3H3,(H3,12,13);(H,6,7). The van der Waals surface area contributed by atoms with Gasteiger partial charge < -0.3 is 25.1 Å². The van der Waals surface area contributed by atoms with Gasteiger partial charge in [0.2, 0.25) is 0 Å². The first-order valence-corrected chi connectivity index (χ1v) is 7.11. The highest BCUT2D eigenvalue weighted by Gasteiger charge is 2.38. The fraction of sp³-hybridized carbons (Fsp3) is 0.385. The minimum Gasteiger partial charge on any atom is -0.496 e. The summed E-state index contributed by atoms with van der Waals surface area (Å²) in [4.78, 5) is 8.90. The zero-order valence-electron chi connectivity index (χ0n) is 13.1.